The average molecular weight is 438 g/mol. The van der Waals surface area contributed by atoms with Crippen LogP contribution in [-0.4, -0.2) is 22.5 Å². The van der Waals surface area contributed by atoms with E-state index in [9.17, 15) is 24.5 Å². The molecule has 4 aliphatic rings. The highest BCUT2D eigenvalue weighted by Crippen LogP contribution is 2.64. The Kier molecular flexibility index (Phi) is 3.82. The van der Waals surface area contributed by atoms with Crippen molar-refractivity contribution >= 4 is 29.0 Å². The lowest BCUT2D eigenvalue weighted by molar-refractivity contribution is -0.384. The minimum Gasteiger partial charge on any atom is -0.299 e. The minimum absolute atomic E-state index is 0.153. The van der Waals surface area contributed by atoms with E-state index in [-0.39, 0.29) is 23.1 Å². The normalized spacial score (nSPS) is 26.6. The number of benzene rings is 3. The molecule has 3 aliphatic carbocycles. The van der Waals surface area contributed by atoms with Gasteiger partial charge in [-0.2, -0.15) is 0 Å². The number of carbonyl (C=O) groups is 3. The molecule has 3 aromatic carbocycles. The molecule has 3 aromatic rings. The molecular weight excluding hydrogens is 420 g/mol. The molecule has 2 atom stereocenters. The molecule has 33 heavy (non-hydrogen) atoms. The molecule has 2 bridgehead atoms. The minimum atomic E-state index is -1.28. The maximum atomic E-state index is 13.9. The third-order valence-corrected chi connectivity index (χ3v) is 7.47. The number of imide groups is 1. The van der Waals surface area contributed by atoms with E-state index in [1.165, 1.54) is 31.2 Å². The standard InChI is InChI=1S/C26H18N2O5/c1-14(29)26-19-11-4-2-9-17(19)21(18-10-3-5-12-20(18)26)22-23(26)25(31)27(24(22)30)15-7-6-8-16(13-15)28(32)33/h2-13,21-23H,1H3/t21?,22-,23-,26?/m0/s1. The second-order valence-corrected chi connectivity index (χ2v) is 8.81. The Bertz CT molecular complexity index is 1360. The number of nitro benzene ring substituents is 1. The average Bonchev–Trinajstić information content (AvgIpc) is 3.09. The van der Waals surface area contributed by atoms with Crippen LogP contribution in [0.4, 0.5) is 11.4 Å². The van der Waals surface area contributed by atoms with Crippen molar-refractivity contribution < 1.29 is 19.3 Å². The molecule has 162 valence electrons. The first-order valence-electron chi connectivity index (χ1n) is 10.7. The van der Waals surface area contributed by atoms with Crippen LogP contribution in [0.25, 0.3) is 0 Å². The summed E-state index contributed by atoms with van der Waals surface area (Å²) >= 11 is 0. The number of rotatable bonds is 3. The van der Waals surface area contributed by atoms with E-state index in [1.54, 1.807) is 0 Å². The van der Waals surface area contributed by atoms with E-state index in [4.69, 9.17) is 0 Å². The van der Waals surface area contributed by atoms with Crippen LogP contribution in [0, 0.1) is 22.0 Å². The summed E-state index contributed by atoms with van der Waals surface area (Å²) in [6.07, 6.45) is 0. The van der Waals surface area contributed by atoms with Gasteiger partial charge in [0.1, 0.15) is 5.78 Å². The molecule has 7 heteroatoms. The zero-order chi connectivity index (χ0) is 23.1. The van der Waals surface area contributed by atoms with E-state index >= 15 is 0 Å². The lowest BCUT2D eigenvalue weighted by Crippen LogP contribution is -2.57. The van der Waals surface area contributed by atoms with Crippen LogP contribution in [0.5, 0.6) is 0 Å². The van der Waals surface area contributed by atoms with Gasteiger partial charge in [0.25, 0.3) is 5.69 Å². The number of anilines is 1. The zero-order valence-corrected chi connectivity index (χ0v) is 17.6. The van der Waals surface area contributed by atoms with Crippen LogP contribution in [-0.2, 0) is 19.8 Å². The molecule has 0 radical (unpaired) electrons. The first-order valence-corrected chi connectivity index (χ1v) is 10.7. The Morgan fingerprint density at radius 1 is 0.909 bits per heavy atom. The number of carbonyl (C=O) groups excluding carboxylic acids is 3. The summed E-state index contributed by atoms with van der Waals surface area (Å²) in [5, 5.41) is 11.3. The SMILES string of the molecule is CC(=O)C12c3ccccc3C(c3ccccc31)[C@@H]1C(=O)N(c3cccc([N+](=O)[O-])c3)C(=O)[C@H]12. The van der Waals surface area contributed by atoms with Crippen LogP contribution in [0.1, 0.15) is 35.1 Å². The number of amides is 2. The number of hydrogen-bond donors (Lipinski definition) is 0. The van der Waals surface area contributed by atoms with Gasteiger partial charge in [-0.15, -0.1) is 0 Å². The largest absolute Gasteiger partial charge is 0.299 e. The number of hydrogen-bond acceptors (Lipinski definition) is 5. The molecular formula is C26H18N2O5. The lowest BCUT2D eigenvalue weighted by Gasteiger charge is -2.52. The van der Waals surface area contributed by atoms with Crippen molar-refractivity contribution in [2.24, 2.45) is 11.8 Å². The monoisotopic (exact) mass is 438 g/mol. The zero-order valence-electron chi connectivity index (χ0n) is 17.6. The van der Waals surface area contributed by atoms with Gasteiger partial charge in [0, 0.05) is 18.1 Å². The summed E-state index contributed by atoms with van der Waals surface area (Å²) in [6.45, 7) is 1.48. The van der Waals surface area contributed by atoms with Crippen LogP contribution in [0.2, 0.25) is 0 Å². The molecule has 0 unspecified atom stereocenters. The van der Waals surface area contributed by atoms with E-state index in [0.29, 0.717) is 0 Å². The van der Waals surface area contributed by atoms with Gasteiger partial charge < -0.3 is 0 Å². The topological polar surface area (TPSA) is 97.6 Å². The summed E-state index contributed by atoms with van der Waals surface area (Å²) in [5.74, 6) is -3.15. The molecule has 1 fully saturated rings. The molecule has 0 N–H and O–H groups in total. The molecule has 0 spiro atoms. The molecule has 1 aliphatic heterocycles. The maximum Gasteiger partial charge on any atom is 0.271 e. The van der Waals surface area contributed by atoms with Gasteiger partial charge in [0.15, 0.2) is 0 Å². The van der Waals surface area contributed by atoms with Gasteiger partial charge in [0.05, 0.1) is 27.9 Å². The summed E-state index contributed by atoms with van der Waals surface area (Å²) in [4.78, 5) is 53.1. The number of ketones is 1. The predicted molar refractivity (Wildman–Crippen MR) is 119 cm³/mol. The van der Waals surface area contributed by atoms with Crippen molar-refractivity contribution in [2.75, 3.05) is 4.90 Å². The fourth-order valence-corrected chi connectivity index (χ4v) is 6.37. The van der Waals surface area contributed by atoms with E-state index in [2.05, 4.69) is 0 Å². The Morgan fingerprint density at radius 3 is 2.09 bits per heavy atom. The Labute approximate surface area is 188 Å². The van der Waals surface area contributed by atoms with Crippen LogP contribution in [0.15, 0.2) is 72.8 Å². The fraction of sp³-hybridized carbons (Fsp3) is 0.192. The molecule has 0 saturated carbocycles. The Morgan fingerprint density at radius 2 is 1.52 bits per heavy atom. The highest BCUT2D eigenvalue weighted by molar-refractivity contribution is 6.25. The van der Waals surface area contributed by atoms with Gasteiger partial charge in [-0.3, -0.25) is 24.5 Å². The Balaban J connectivity index is 1.64. The summed E-state index contributed by atoms with van der Waals surface area (Å²) in [6, 6.07) is 20.6. The number of non-ortho nitro benzene ring substituents is 1. The fourth-order valence-electron chi connectivity index (χ4n) is 6.37. The molecule has 0 aromatic heterocycles. The van der Waals surface area contributed by atoms with E-state index in [1.807, 2.05) is 48.5 Å². The highest BCUT2D eigenvalue weighted by atomic mass is 16.6. The van der Waals surface area contributed by atoms with Crippen molar-refractivity contribution in [3.8, 4) is 0 Å². The molecule has 1 saturated heterocycles. The van der Waals surface area contributed by atoms with Crippen LogP contribution < -0.4 is 4.90 Å². The summed E-state index contributed by atoms with van der Waals surface area (Å²) < 4.78 is 0. The van der Waals surface area contributed by atoms with E-state index in [0.717, 1.165) is 27.2 Å². The van der Waals surface area contributed by atoms with Gasteiger partial charge in [0.2, 0.25) is 11.8 Å². The lowest BCUT2D eigenvalue weighted by atomic mass is 9.46. The number of Topliss-reactive ketones (excluding diaryl/α,β-unsaturated/α-hetero) is 1. The van der Waals surface area contributed by atoms with Gasteiger partial charge in [-0.05, 0) is 35.2 Å². The Hall–Kier alpha value is -4.13. The number of nitro groups is 1. The third-order valence-electron chi connectivity index (χ3n) is 7.47. The summed E-state index contributed by atoms with van der Waals surface area (Å²) in [5.41, 5.74) is 1.96. The van der Waals surface area contributed by atoms with Gasteiger partial charge >= 0.3 is 0 Å². The van der Waals surface area contributed by atoms with Crippen molar-refractivity contribution in [1.82, 2.24) is 0 Å². The summed E-state index contributed by atoms with van der Waals surface area (Å²) in [7, 11) is 0. The second-order valence-electron chi connectivity index (χ2n) is 8.81. The van der Waals surface area contributed by atoms with Crippen molar-refractivity contribution in [2.45, 2.75) is 18.3 Å². The van der Waals surface area contributed by atoms with Crippen LogP contribution in [0.3, 0.4) is 0 Å². The van der Waals surface area contributed by atoms with Crippen molar-refractivity contribution in [1.29, 1.82) is 0 Å². The van der Waals surface area contributed by atoms with E-state index < -0.39 is 34.0 Å². The second kappa shape index (κ2) is 6.45. The van der Waals surface area contributed by atoms with Crippen molar-refractivity contribution in [3.05, 3.63) is 105 Å². The predicted octanol–water partition coefficient (Wildman–Crippen LogP) is 3.73. The first-order chi connectivity index (χ1) is 15.9. The molecule has 7 nitrogen and oxygen atoms in total. The third kappa shape index (κ3) is 2.21. The molecule has 2 amide bonds. The smallest absolute Gasteiger partial charge is 0.271 e. The molecule has 1 heterocycles. The first kappa shape index (κ1) is 19.5. The number of nitrogens with zero attached hydrogens (tertiary/aromatic N) is 2. The maximum absolute atomic E-state index is 13.9. The van der Waals surface area contributed by atoms with Crippen molar-refractivity contribution in [3.63, 3.8) is 0 Å². The quantitative estimate of drug-likeness (QED) is 0.353. The van der Waals surface area contributed by atoms with Gasteiger partial charge in [-0.1, -0.05) is 54.6 Å². The highest BCUT2D eigenvalue weighted by Gasteiger charge is 2.70. The van der Waals surface area contributed by atoms with Gasteiger partial charge in [-0.25, -0.2) is 4.90 Å². The van der Waals surface area contributed by atoms with Crippen LogP contribution >= 0.6 is 0 Å². The molecule has 7 rings (SSSR count).